The van der Waals surface area contributed by atoms with Crippen LogP contribution in [0.1, 0.15) is 24.1 Å². The second kappa shape index (κ2) is 6.63. The highest BCUT2D eigenvalue weighted by Crippen LogP contribution is 2.28. The molecule has 4 rings (SSSR count). The molecular formula is C17H17BrN8. The number of nitrogens with two attached hydrogens (primary N) is 1. The van der Waals surface area contributed by atoms with Gasteiger partial charge < -0.3 is 10.6 Å². The Morgan fingerprint density at radius 3 is 2.69 bits per heavy atom. The first-order valence-corrected chi connectivity index (χ1v) is 9.12. The topological polar surface area (TPSA) is 120 Å². The second-order valence-corrected chi connectivity index (χ2v) is 7.35. The third kappa shape index (κ3) is 3.13. The van der Waals surface area contributed by atoms with Gasteiger partial charge in [0.1, 0.15) is 10.7 Å². The standard InChI is InChI=1S/C17H17BrN8/c18-14-13-12(10-19)22-16(23-15(13)25-24-14)26-7-3-17(20,4-8-26)9-11-1-5-21-6-2-11/h1-2,5-6H,3-4,7-9,20H2,(H,22,23,24,25). The molecule has 1 aliphatic rings. The molecule has 4 heterocycles. The smallest absolute Gasteiger partial charge is 0.228 e. The Labute approximate surface area is 158 Å². The fraction of sp³-hybridized carbons (Fsp3) is 0.353. The number of nitriles is 1. The summed E-state index contributed by atoms with van der Waals surface area (Å²) >= 11 is 3.32. The number of fused-ring (bicyclic) bond motifs is 1. The minimum atomic E-state index is -0.253. The van der Waals surface area contributed by atoms with E-state index in [2.05, 4.69) is 52.0 Å². The van der Waals surface area contributed by atoms with Crippen LogP contribution in [-0.2, 0) is 6.42 Å². The van der Waals surface area contributed by atoms with Gasteiger partial charge in [0.25, 0.3) is 0 Å². The van der Waals surface area contributed by atoms with Crippen molar-refractivity contribution in [3.63, 3.8) is 0 Å². The zero-order chi connectivity index (χ0) is 18.1. The van der Waals surface area contributed by atoms with Crippen LogP contribution in [0.15, 0.2) is 29.1 Å². The van der Waals surface area contributed by atoms with E-state index in [-0.39, 0.29) is 5.54 Å². The van der Waals surface area contributed by atoms with Crippen molar-refractivity contribution in [3.8, 4) is 6.07 Å². The first-order valence-electron chi connectivity index (χ1n) is 8.32. The Balaban J connectivity index is 1.53. The lowest BCUT2D eigenvalue weighted by Crippen LogP contribution is -2.52. The van der Waals surface area contributed by atoms with Crippen LogP contribution in [0, 0.1) is 11.3 Å². The van der Waals surface area contributed by atoms with Crippen LogP contribution in [0.4, 0.5) is 5.95 Å². The van der Waals surface area contributed by atoms with Crippen molar-refractivity contribution < 1.29 is 0 Å². The van der Waals surface area contributed by atoms with Crippen molar-refractivity contribution in [2.24, 2.45) is 5.73 Å². The number of piperidine rings is 1. The van der Waals surface area contributed by atoms with Crippen LogP contribution < -0.4 is 10.6 Å². The molecule has 0 aromatic carbocycles. The largest absolute Gasteiger partial charge is 0.341 e. The predicted octanol–water partition coefficient (Wildman–Crippen LogP) is 1.92. The molecule has 0 bridgehead atoms. The average Bonchev–Trinajstić information content (AvgIpc) is 3.03. The number of aromatic amines is 1. The molecule has 0 unspecified atom stereocenters. The number of anilines is 1. The van der Waals surface area contributed by atoms with Gasteiger partial charge >= 0.3 is 0 Å². The van der Waals surface area contributed by atoms with Crippen LogP contribution in [-0.4, -0.2) is 43.8 Å². The molecule has 3 N–H and O–H groups in total. The summed E-state index contributed by atoms with van der Waals surface area (Å²) in [7, 11) is 0. The highest BCUT2D eigenvalue weighted by atomic mass is 79.9. The molecule has 0 aliphatic carbocycles. The fourth-order valence-corrected chi connectivity index (χ4v) is 3.81. The first-order chi connectivity index (χ1) is 12.6. The van der Waals surface area contributed by atoms with Gasteiger partial charge in [-0.15, -0.1) is 0 Å². The van der Waals surface area contributed by atoms with E-state index in [9.17, 15) is 5.26 Å². The number of aromatic nitrogens is 5. The summed E-state index contributed by atoms with van der Waals surface area (Å²) in [4.78, 5) is 15.1. The van der Waals surface area contributed by atoms with Gasteiger partial charge in [-0.1, -0.05) is 0 Å². The SMILES string of the molecule is N#Cc1nc(N2CCC(N)(Cc3ccncc3)CC2)nc2[nH]nc(Br)c12. The molecule has 8 nitrogen and oxygen atoms in total. The quantitative estimate of drug-likeness (QED) is 0.673. The normalized spacial score (nSPS) is 16.6. The molecule has 3 aromatic heterocycles. The molecule has 132 valence electrons. The maximum atomic E-state index is 9.40. The minimum absolute atomic E-state index is 0.253. The molecule has 0 radical (unpaired) electrons. The van der Waals surface area contributed by atoms with E-state index in [1.54, 1.807) is 12.4 Å². The molecular weight excluding hydrogens is 396 g/mol. The Hall–Kier alpha value is -2.57. The Morgan fingerprint density at radius 2 is 2.00 bits per heavy atom. The van der Waals surface area contributed by atoms with Crippen LogP contribution in [0.25, 0.3) is 11.0 Å². The first kappa shape index (κ1) is 16.9. The molecule has 3 aromatic rings. The van der Waals surface area contributed by atoms with Crippen molar-refractivity contribution in [3.05, 3.63) is 40.4 Å². The van der Waals surface area contributed by atoms with Crippen LogP contribution in [0.3, 0.4) is 0 Å². The van der Waals surface area contributed by atoms with E-state index in [1.807, 2.05) is 12.1 Å². The average molecular weight is 413 g/mol. The van der Waals surface area contributed by atoms with Gasteiger partial charge in [-0.05, 0) is 52.9 Å². The Kier molecular flexibility index (Phi) is 4.30. The zero-order valence-electron chi connectivity index (χ0n) is 14.0. The van der Waals surface area contributed by atoms with Gasteiger partial charge in [-0.3, -0.25) is 10.1 Å². The zero-order valence-corrected chi connectivity index (χ0v) is 15.6. The number of nitrogens with one attached hydrogen (secondary N) is 1. The van der Waals surface area contributed by atoms with E-state index in [0.29, 0.717) is 27.3 Å². The molecule has 1 fully saturated rings. The van der Waals surface area contributed by atoms with Crippen LogP contribution >= 0.6 is 15.9 Å². The van der Waals surface area contributed by atoms with Crippen molar-refractivity contribution in [1.82, 2.24) is 25.1 Å². The van der Waals surface area contributed by atoms with Gasteiger partial charge in [-0.25, -0.2) is 4.98 Å². The summed E-state index contributed by atoms with van der Waals surface area (Å²) in [5.41, 5.74) is 8.43. The van der Waals surface area contributed by atoms with Gasteiger partial charge in [0, 0.05) is 31.0 Å². The van der Waals surface area contributed by atoms with Gasteiger partial charge in [0.2, 0.25) is 5.95 Å². The van der Waals surface area contributed by atoms with E-state index in [1.165, 1.54) is 5.56 Å². The summed E-state index contributed by atoms with van der Waals surface area (Å²) in [6.07, 6.45) is 6.06. The summed E-state index contributed by atoms with van der Waals surface area (Å²) in [5.74, 6) is 0.538. The van der Waals surface area contributed by atoms with E-state index >= 15 is 0 Å². The lowest BCUT2D eigenvalue weighted by atomic mass is 9.83. The van der Waals surface area contributed by atoms with Crippen molar-refractivity contribution in [2.75, 3.05) is 18.0 Å². The number of hydrogen-bond acceptors (Lipinski definition) is 7. The number of hydrogen-bond donors (Lipinski definition) is 2. The summed E-state index contributed by atoms with van der Waals surface area (Å²) < 4.78 is 0.549. The maximum Gasteiger partial charge on any atom is 0.228 e. The van der Waals surface area contributed by atoms with Crippen LogP contribution in [0.5, 0.6) is 0 Å². The molecule has 26 heavy (non-hydrogen) atoms. The van der Waals surface area contributed by atoms with Gasteiger partial charge in [-0.2, -0.15) is 15.3 Å². The number of pyridine rings is 1. The van der Waals surface area contributed by atoms with Crippen molar-refractivity contribution in [1.29, 1.82) is 5.26 Å². The molecule has 0 amide bonds. The molecule has 0 saturated carbocycles. The number of nitrogens with zero attached hydrogens (tertiary/aromatic N) is 6. The molecule has 0 spiro atoms. The van der Waals surface area contributed by atoms with Gasteiger partial charge in [0.05, 0.1) is 5.39 Å². The summed E-state index contributed by atoms with van der Waals surface area (Å²) in [5, 5.41) is 16.9. The highest BCUT2D eigenvalue weighted by Gasteiger charge is 2.32. The van der Waals surface area contributed by atoms with E-state index < -0.39 is 0 Å². The molecule has 1 aliphatic heterocycles. The highest BCUT2D eigenvalue weighted by molar-refractivity contribution is 9.10. The number of rotatable bonds is 3. The molecule has 0 atom stereocenters. The summed E-state index contributed by atoms with van der Waals surface area (Å²) in [6.45, 7) is 1.49. The van der Waals surface area contributed by atoms with E-state index in [0.717, 1.165) is 32.4 Å². The lowest BCUT2D eigenvalue weighted by molar-refractivity contribution is 0.329. The number of halogens is 1. The third-order valence-corrected chi connectivity index (χ3v) is 5.39. The molecule has 1 saturated heterocycles. The fourth-order valence-electron chi connectivity index (χ4n) is 3.34. The maximum absolute atomic E-state index is 9.40. The van der Waals surface area contributed by atoms with Crippen molar-refractivity contribution >= 4 is 32.9 Å². The van der Waals surface area contributed by atoms with E-state index in [4.69, 9.17) is 5.73 Å². The Morgan fingerprint density at radius 1 is 1.27 bits per heavy atom. The predicted molar refractivity (Wildman–Crippen MR) is 100 cm³/mol. The van der Waals surface area contributed by atoms with Crippen LogP contribution in [0.2, 0.25) is 0 Å². The number of H-pyrrole nitrogens is 1. The molecule has 9 heteroatoms. The summed E-state index contributed by atoms with van der Waals surface area (Å²) in [6, 6.07) is 6.14. The lowest BCUT2D eigenvalue weighted by Gasteiger charge is -2.39. The monoisotopic (exact) mass is 412 g/mol. The Bertz CT molecular complexity index is 970. The second-order valence-electron chi connectivity index (χ2n) is 6.60. The van der Waals surface area contributed by atoms with Crippen molar-refractivity contribution in [2.45, 2.75) is 24.8 Å². The van der Waals surface area contributed by atoms with Gasteiger partial charge in [0.15, 0.2) is 11.3 Å². The minimum Gasteiger partial charge on any atom is -0.341 e. The third-order valence-electron chi connectivity index (χ3n) is 4.82.